The monoisotopic (exact) mass is 418 g/mol. The fraction of sp³-hybridized carbons (Fsp3) is 0.0870. The van der Waals surface area contributed by atoms with Gasteiger partial charge in [0.25, 0.3) is 11.8 Å². The maximum Gasteiger partial charge on any atom is 0.287 e. The first-order chi connectivity index (χ1) is 15.1. The normalized spacial score (nSPS) is 11.2. The van der Waals surface area contributed by atoms with Gasteiger partial charge in [0.2, 0.25) is 0 Å². The van der Waals surface area contributed by atoms with E-state index in [1.54, 1.807) is 60.8 Å². The Morgan fingerprint density at radius 2 is 1.74 bits per heavy atom. The molecule has 8 nitrogen and oxygen atoms in total. The standard InChI is InChI=1S/C23H22N4O4/c1-30-20-11-10-16(14-21(20)31-2)13-19(26-22(28)17-7-4-3-5-8-17)23(29)27-25-15-18-9-6-12-24-18/h3-15,24H,1-2H3,(H,26,28)(H,27,29)/b19-13?,25-15+. The summed E-state index contributed by atoms with van der Waals surface area (Å²) in [6.45, 7) is 0. The number of hydrogen-bond donors (Lipinski definition) is 3. The molecule has 0 aliphatic rings. The third-order valence-electron chi connectivity index (χ3n) is 4.24. The van der Waals surface area contributed by atoms with Gasteiger partial charge in [0.15, 0.2) is 11.5 Å². The second kappa shape index (κ2) is 10.4. The van der Waals surface area contributed by atoms with Crippen LogP contribution < -0.4 is 20.2 Å². The van der Waals surface area contributed by atoms with E-state index in [4.69, 9.17) is 9.47 Å². The van der Waals surface area contributed by atoms with Gasteiger partial charge in [0.1, 0.15) is 5.70 Å². The molecule has 0 atom stereocenters. The molecule has 0 aliphatic carbocycles. The van der Waals surface area contributed by atoms with Crippen LogP contribution >= 0.6 is 0 Å². The van der Waals surface area contributed by atoms with Gasteiger partial charge >= 0.3 is 0 Å². The molecule has 0 unspecified atom stereocenters. The minimum atomic E-state index is -0.582. The van der Waals surface area contributed by atoms with Crippen molar-refractivity contribution in [3.05, 3.63) is 89.4 Å². The number of aromatic amines is 1. The van der Waals surface area contributed by atoms with Gasteiger partial charge in [0, 0.05) is 11.8 Å². The van der Waals surface area contributed by atoms with E-state index in [2.05, 4.69) is 20.8 Å². The molecule has 1 aromatic heterocycles. The lowest BCUT2D eigenvalue weighted by atomic mass is 10.1. The van der Waals surface area contributed by atoms with Gasteiger partial charge in [-0.15, -0.1) is 0 Å². The number of nitrogens with one attached hydrogen (secondary N) is 3. The van der Waals surface area contributed by atoms with Crippen LogP contribution in [0.25, 0.3) is 6.08 Å². The number of nitrogens with zero attached hydrogens (tertiary/aromatic N) is 1. The zero-order chi connectivity index (χ0) is 22.1. The molecule has 0 saturated heterocycles. The number of ether oxygens (including phenoxy) is 2. The second-order valence-corrected chi connectivity index (χ2v) is 6.32. The molecule has 1 heterocycles. The molecule has 0 bridgehead atoms. The lowest BCUT2D eigenvalue weighted by molar-refractivity contribution is -0.117. The second-order valence-electron chi connectivity index (χ2n) is 6.32. The highest BCUT2D eigenvalue weighted by Gasteiger charge is 2.15. The van der Waals surface area contributed by atoms with Crippen LogP contribution in [-0.4, -0.2) is 37.2 Å². The summed E-state index contributed by atoms with van der Waals surface area (Å²) in [7, 11) is 3.06. The summed E-state index contributed by atoms with van der Waals surface area (Å²) in [5, 5.41) is 6.57. The Hall–Kier alpha value is -4.33. The molecular weight excluding hydrogens is 396 g/mol. The van der Waals surface area contributed by atoms with Crippen molar-refractivity contribution in [1.29, 1.82) is 0 Å². The third kappa shape index (κ3) is 5.83. The minimum Gasteiger partial charge on any atom is -0.493 e. The van der Waals surface area contributed by atoms with E-state index in [1.807, 2.05) is 6.07 Å². The molecular formula is C23H22N4O4. The molecule has 31 heavy (non-hydrogen) atoms. The Kier molecular flexibility index (Phi) is 7.21. The highest BCUT2D eigenvalue weighted by Crippen LogP contribution is 2.28. The number of hydrazone groups is 1. The smallest absolute Gasteiger partial charge is 0.287 e. The van der Waals surface area contributed by atoms with Crippen molar-refractivity contribution in [1.82, 2.24) is 15.7 Å². The first-order valence-corrected chi connectivity index (χ1v) is 9.37. The average molecular weight is 418 g/mol. The van der Waals surface area contributed by atoms with Crippen molar-refractivity contribution in [2.75, 3.05) is 14.2 Å². The summed E-state index contributed by atoms with van der Waals surface area (Å²) in [5.41, 5.74) is 4.21. The van der Waals surface area contributed by atoms with E-state index in [9.17, 15) is 9.59 Å². The number of carbonyl (C=O) groups excluding carboxylic acids is 2. The Labute approximate surface area is 179 Å². The molecule has 158 valence electrons. The first-order valence-electron chi connectivity index (χ1n) is 9.37. The van der Waals surface area contributed by atoms with Crippen molar-refractivity contribution in [3.8, 4) is 11.5 Å². The van der Waals surface area contributed by atoms with E-state index >= 15 is 0 Å². The van der Waals surface area contributed by atoms with Crippen LogP contribution in [0, 0.1) is 0 Å². The van der Waals surface area contributed by atoms with Crippen LogP contribution in [0.4, 0.5) is 0 Å². The van der Waals surface area contributed by atoms with Crippen LogP contribution in [0.15, 0.2) is 77.7 Å². The van der Waals surface area contributed by atoms with Gasteiger partial charge in [-0.05, 0) is 48.0 Å². The third-order valence-corrected chi connectivity index (χ3v) is 4.24. The summed E-state index contributed by atoms with van der Waals surface area (Å²) in [6, 6.07) is 17.4. The van der Waals surface area contributed by atoms with Crippen molar-refractivity contribution in [2.24, 2.45) is 5.10 Å². The number of methoxy groups -OCH3 is 2. The highest BCUT2D eigenvalue weighted by atomic mass is 16.5. The number of benzene rings is 2. The number of hydrogen-bond acceptors (Lipinski definition) is 5. The molecule has 3 aromatic rings. The average Bonchev–Trinajstić information content (AvgIpc) is 3.32. The number of amides is 2. The number of H-pyrrole nitrogens is 1. The van der Waals surface area contributed by atoms with E-state index in [-0.39, 0.29) is 5.70 Å². The Morgan fingerprint density at radius 3 is 2.42 bits per heavy atom. The lowest BCUT2D eigenvalue weighted by Crippen LogP contribution is -2.32. The summed E-state index contributed by atoms with van der Waals surface area (Å²) in [5.74, 6) is 0.0439. The SMILES string of the molecule is COc1ccc(C=C(NC(=O)c2ccccc2)C(=O)N/N=C/c2ccc[nH]2)cc1OC. The largest absolute Gasteiger partial charge is 0.493 e. The topological polar surface area (TPSA) is 105 Å². The zero-order valence-electron chi connectivity index (χ0n) is 17.1. The van der Waals surface area contributed by atoms with Crippen LogP contribution in [-0.2, 0) is 4.79 Å². The van der Waals surface area contributed by atoms with Crippen molar-refractivity contribution in [3.63, 3.8) is 0 Å². The molecule has 2 aromatic carbocycles. The predicted molar refractivity (Wildman–Crippen MR) is 118 cm³/mol. The maximum absolute atomic E-state index is 12.7. The highest BCUT2D eigenvalue weighted by molar-refractivity contribution is 6.05. The summed E-state index contributed by atoms with van der Waals surface area (Å²) < 4.78 is 10.5. The minimum absolute atomic E-state index is 0.0182. The predicted octanol–water partition coefficient (Wildman–Crippen LogP) is 2.95. The molecule has 2 amide bonds. The number of carbonyl (C=O) groups is 2. The summed E-state index contributed by atoms with van der Waals surface area (Å²) >= 11 is 0. The molecule has 8 heteroatoms. The van der Waals surface area contributed by atoms with Crippen LogP contribution in [0.3, 0.4) is 0 Å². The van der Waals surface area contributed by atoms with Crippen LogP contribution in [0.5, 0.6) is 11.5 Å². The zero-order valence-corrected chi connectivity index (χ0v) is 17.1. The van der Waals surface area contributed by atoms with Gasteiger partial charge in [-0.3, -0.25) is 9.59 Å². The number of rotatable bonds is 8. The summed E-state index contributed by atoms with van der Waals surface area (Å²) in [4.78, 5) is 28.3. The fourth-order valence-electron chi connectivity index (χ4n) is 2.70. The quantitative estimate of drug-likeness (QED) is 0.297. The maximum atomic E-state index is 12.7. The van der Waals surface area contributed by atoms with Crippen molar-refractivity contribution in [2.45, 2.75) is 0 Å². The molecule has 0 spiro atoms. The van der Waals surface area contributed by atoms with E-state index in [0.717, 1.165) is 5.69 Å². The van der Waals surface area contributed by atoms with Crippen LogP contribution in [0.1, 0.15) is 21.6 Å². The number of aromatic nitrogens is 1. The van der Waals surface area contributed by atoms with Gasteiger partial charge in [-0.2, -0.15) is 5.10 Å². The van der Waals surface area contributed by atoms with Crippen LogP contribution in [0.2, 0.25) is 0 Å². The van der Waals surface area contributed by atoms with Gasteiger partial charge in [0.05, 0.1) is 26.1 Å². The van der Waals surface area contributed by atoms with Crippen molar-refractivity contribution >= 4 is 24.1 Å². The molecule has 3 N–H and O–H groups in total. The van der Waals surface area contributed by atoms with Crippen molar-refractivity contribution < 1.29 is 19.1 Å². The Morgan fingerprint density at radius 1 is 0.968 bits per heavy atom. The van der Waals surface area contributed by atoms with E-state index < -0.39 is 11.8 Å². The van der Waals surface area contributed by atoms with Gasteiger partial charge in [-0.25, -0.2) is 5.43 Å². The Bertz CT molecular complexity index is 1090. The fourth-order valence-corrected chi connectivity index (χ4v) is 2.70. The van der Waals surface area contributed by atoms with Gasteiger partial charge < -0.3 is 19.8 Å². The molecule has 0 radical (unpaired) electrons. The molecule has 0 saturated carbocycles. The van der Waals surface area contributed by atoms with E-state index in [1.165, 1.54) is 26.5 Å². The molecule has 3 rings (SSSR count). The lowest BCUT2D eigenvalue weighted by Gasteiger charge is -2.11. The van der Waals surface area contributed by atoms with E-state index in [0.29, 0.717) is 22.6 Å². The molecule has 0 fully saturated rings. The molecule has 0 aliphatic heterocycles. The Balaban J connectivity index is 1.86. The first kappa shape index (κ1) is 21.4. The van der Waals surface area contributed by atoms with Gasteiger partial charge in [-0.1, -0.05) is 24.3 Å². The summed E-state index contributed by atoms with van der Waals surface area (Å²) in [6.07, 6.45) is 4.74.